The Hall–Kier alpha value is -3.17. The Morgan fingerprint density at radius 1 is 0.788 bits per heavy atom. The molecule has 3 aromatic rings. The minimum atomic E-state index is -0.240. The standard InChI is InChI=1S/C24H25FN4O2S2/c1-30-18-10-14(23(26)27)6-8-20(18)32-12-16-4-3-5-17(22(16)25)13-33-21-9-7-15(24(28)29)11-19(21)31-2/h3-11H,12-13H2,1-2H3,(H3,26,27)(H3,28,29). The molecule has 0 aliphatic heterocycles. The van der Waals surface area contributed by atoms with Crippen molar-refractivity contribution in [2.45, 2.75) is 21.3 Å². The van der Waals surface area contributed by atoms with Crippen LogP contribution in [0.4, 0.5) is 4.39 Å². The van der Waals surface area contributed by atoms with E-state index in [1.807, 2.05) is 18.2 Å². The molecule has 0 fully saturated rings. The number of benzene rings is 3. The summed E-state index contributed by atoms with van der Waals surface area (Å²) >= 11 is 2.92. The average Bonchev–Trinajstić information content (AvgIpc) is 2.82. The third-order valence-corrected chi connectivity index (χ3v) is 7.08. The van der Waals surface area contributed by atoms with E-state index >= 15 is 4.39 Å². The van der Waals surface area contributed by atoms with Gasteiger partial charge >= 0.3 is 0 Å². The molecule has 9 heteroatoms. The Kier molecular flexibility index (Phi) is 8.24. The van der Waals surface area contributed by atoms with Gasteiger partial charge in [-0.25, -0.2) is 4.39 Å². The Morgan fingerprint density at radius 2 is 1.21 bits per heavy atom. The fourth-order valence-electron chi connectivity index (χ4n) is 3.08. The topological polar surface area (TPSA) is 118 Å². The third-order valence-electron chi connectivity index (χ3n) is 4.87. The normalized spacial score (nSPS) is 10.6. The molecule has 0 heterocycles. The van der Waals surface area contributed by atoms with Gasteiger partial charge in [0.15, 0.2) is 0 Å². The van der Waals surface area contributed by atoms with Gasteiger partial charge in [0, 0.05) is 32.4 Å². The van der Waals surface area contributed by atoms with E-state index < -0.39 is 0 Å². The van der Waals surface area contributed by atoms with Crippen molar-refractivity contribution >= 4 is 35.2 Å². The minimum absolute atomic E-state index is 0.0336. The summed E-state index contributed by atoms with van der Waals surface area (Å²) in [4.78, 5) is 1.69. The van der Waals surface area contributed by atoms with Crippen molar-refractivity contribution in [3.05, 3.63) is 82.7 Å². The van der Waals surface area contributed by atoms with Gasteiger partial charge in [0.2, 0.25) is 0 Å². The van der Waals surface area contributed by atoms with Crippen LogP contribution in [0.3, 0.4) is 0 Å². The van der Waals surface area contributed by atoms with Crippen LogP contribution in [-0.2, 0) is 11.5 Å². The monoisotopic (exact) mass is 484 g/mol. The lowest BCUT2D eigenvalue weighted by atomic mass is 10.1. The van der Waals surface area contributed by atoms with Crippen molar-refractivity contribution in [1.29, 1.82) is 10.8 Å². The molecule has 0 saturated heterocycles. The highest BCUT2D eigenvalue weighted by atomic mass is 32.2. The second-order valence-electron chi connectivity index (χ2n) is 7.03. The zero-order valence-corrected chi connectivity index (χ0v) is 19.9. The van der Waals surface area contributed by atoms with E-state index in [0.717, 1.165) is 9.79 Å². The lowest BCUT2D eigenvalue weighted by molar-refractivity contribution is 0.404. The lowest BCUT2D eigenvalue weighted by Crippen LogP contribution is -2.11. The maximum Gasteiger partial charge on any atom is 0.133 e. The van der Waals surface area contributed by atoms with Crippen LogP contribution in [-0.4, -0.2) is 25.9 Å². The van der Waals surface area contributed by atoms with Crippen LogP contribution >= 0.6 is 23.5 Å². The van der Waals surface area contributed by atoms with Gasteiger partial charge in [-0.3, -0.25) is 10.8 Å². The van der Waals surface area contributed by atoms with Crippen LogP contribution in [0, 0.1) is 16.6 Å². The molecule has 0 aliphatic carbocycles. The maximum absolute atomic E-state index is 15.2. The zero-order chi connectivity index (χ0) is 24.0. The number of halogens is 1. The van der Waals surface area contributed by atoms with E-state index in [1.165, 1.54) is 23.5 Å². The van der Waals surface area contributed by atoms with E-state index in [-0.39, 0.29) is 17.5 Å². The molecular weight excluding hydrogens is 459 g/mol. The predicted octanol–water partition coefficient (Wildman–Crippen LogP) is 5.00. The van der Waals surface area contributed by atoms with E-state index in [0.29, 0.717) is 45.3 Å². The number of methoxy groups -OCH3 is 2. The first-order valence-corrected chi connectivity index (χ1v) is 11.9. The van der Waals surface area contributed by atoms with Crippen molar-refractivity contribution < 1.29 is 13.9 Å². The van der Waals surface area contributed by atoms with E-state index in [9.17, 15) is 0 Å². The number of nitrogens with one attached hydrogen (secondary N) is 2. The fraction of sp³-hybridized carbons (Fsp3) is 0.167. The SMILES string of the molecule is COc1cc(C(=N)N)ccc1SCc1cccc(CSc2ccc(C(=N)N)cc2OC)c1F. The van der Waals surface area contributed by atoms with Crippen molar-refractivity contribution in [3.8, 4) is 11.5 Å². The number of ether oxygens (including phenoxy) is 2. The number of rotatable bonds is 10. The smallest absolute Gasteiger partial charge is 0.133 e. The summed E-state index contributed by atoms with van der Waals surface area (Å²) in [6, 6.07) is 16.0. The van der Waals surface area contributed by atoms with E-state index in [2.05, 4.69) is 0 Å². The van der Waals surface area contributed by atoms with Gasteiger partial charge in [-0.05, 0) is 47.5 Å². The van der Waals surface area contributed by atoms with Gasteiger partial charge in [0.25, 0.3) is 0 Å². The van der Waals surface area contributed by atoms with Gasteiger partial charge in [-0.15, -0.1) is 23.5 Å². The second kappa shape index (κ2) is 11.1. The summed E-state index contributed by atoms with van der Waals surface area (Å²) < 4.78 is 26.0. The Morgan fingerprint density at radius 3 is 1.58 bits per heavy atom. The highest BCUT2D eigenvalue weighted by Crippen LogP contribution is 2.35. The molecule has 0 amide bonds. The van der Waals surface area contributed by atoms with Crippen LogP contribution in [0.25, 0.3) is 0 Å². The maximum atomic E-state index is 15.2. The molecule has 6 N–H and O–H groups in total. The van der Waals surface area contributed by atoms with E-state index in [4.69, 9.17) is 31.8 Å². The molecule has 0 atom stereocenters. The molecule has 0 aliphatic rings. The van der Waals surface area contributed by atoms with Crippen LogP contribution < -0.4 is 20.9 Å². The summed E-state index contributed by atoms with van der Waals surface area (Å²) in [7, 11) is 3.11. The molecule has 6 nitrogen and oxygen atoms in total. The quantitative estimate of drug-likeness (QED) is 0.183. The summed E-state index contributed by atoms with van der Waals surface area (Å²) in [6.45, 7) is 0. The largest absolute Gasteiger partial charge is 0.496 e. The second-order valence-corrected chi connectivity index (χ2v) is 9.06. The first-order valence-electron chi connectivity index (χ1n) is 9.90. The number of amidine groups is 2. The van der Waals surface area contributed by atoms with Crippen molar-refractivity contribution in [2.24, 2.45) is 11.5 Å². The highest BCUT2D eigenvalue weighted by molar-refractivity contribution is 7.98. The van der Waals surface area contributed by atoms with Crippen LogP contribution in [0.15, 0.2) is 64.4 Å². The summed E-state index contributed by atoms with van der Waals surface area (Å²) in [5.41, 5.74) is 13.4. The number of thioether (sulfide) groups is 2. The number of hydrogen-bond donors (Lipinski definition) is 4. The molecule has 3 rings (SSSR count). The molecule has 0 saturated carbocycles. The van der Waals surface area contributed by atoms with Crippen molar-refractivity contribution in [3.63, 3.8) is 0 Å². The number of nitrogens with two attached hydrogens (primary N) is 2. The van der Waals surface area contributed by atoms with Gasteiger partial charge in [-0.2, -0.15) is 0 Å². The molecule has 3 aromatic carbocycles. The van der Waals surface area contributed by atoms with Crippen LogP contribution in [0.5, 0.6) is 11.5 Å². The Bertz CT molecular complexity index is 1100. The first-order chi connectivity index (χ1) is 15.8. The molecule has 0 bridgehead atoms. The Balaban J connectivity index is 1.73. The summed E-state index contributed by atoms with van der Waals surface area (Å²) in [5, 5.41) is 15.1. The molecule has 0 unspecified atom stereocenters. The Labute approximate surface area is 200 Å². The van der Waals surface area contributed by atoms with Gasteiger partial charge in [0.05, 0.1) is 14.2 Å². The highest BCUT2D eigenvalue weighted by Gasteiger charge is 2.13. The van der Waals surface area contributed by atoms with Crippen LogP contribution in [0.1, 0.15) is 22.3 Å². The van der Waals surface area contributed by atoms with Gasteiger partial charge in [-0.1, -0.05) is 18.2 Å². The fourth-order valence-corrected chi connectivity index (χ4v) is 5.04. The van der Waals surface area contributed by atoms with Gasteiger partial charge in [0.1, 0.15) is 29.0 Å². The molecular formula is C24H25FN4O2S2. The lowest BCUT2D eigenvalue weighted by Gasteiger charge is -2.13. The molecule has 0 spiro atoms. The average molecular weight is 485 g/mol. The molecule has 0 aromatic heterocycles. The van der Waals surface area contributed by atoms with Crippen LogP contribution in [0.2, 0.25) is 0 Å². The zero-order valence-electron chi connectivity index (χ0n) is 18.3. The van der Waals surface area contributed by atoms with Gasteiger partial charge < -0.3 is 20.9 Å². The van der Waals surface area contributed by atoms with E-state index in [1.54, 1.807) is 50.6 Å². The van der Waals surface area contributed by atoms with Crippen molar-refractivity contribution in [1.82, 2.24) is 0 Å². The molecule has 0 radical (unpaired) electrons. The predicted molar refractivity (Wildman–Crippen MR) is 134 cm³/mol. The first kappa shape index (κ1) is 24.5. The number of hydrogen-bond acceptors (Lipinski definition) is 6. The van der Waals surface area contributed by atoms with Crippen molar-refractivity contribution in [2.75, 3.05) is 14.2 Å². The molecule has 33 heavy (non-hydrogen) atoms. The summed E-state index contributed by atoms with van der Waals surface area (Å²) in [6.07, 6.45) is 0. The number of nitrogen functional groups attached to an aromatic ring is 2. The molecule has 172 valence electrons. The summed E-state index contributed by atoms with van der Waals surface area (Å²) in [5.74, 6) is 1.74. The minimum Gasteiger partial charge on any atom is -0.496 e. The third kappa shape index (κ3) is 6.00.